The predicted octanol–water partition coefficient (Wildman–Crippen LogP) is 0.611. The number of nitrogens with zero attached hydrogens (tertiary/aromatic N) is 2. The molecule has 1 aromatic heterocycles. The molecule has 1 aromatic rings. The third kappa shape index (κ3) is 2.24. The van der Waals surface area contributed by atoms with E-state index in [1.165, 1.54) is 12.3 Å². The van der Waals surface area contributed by atoms with Gasteiger partial charge in [0.2, 0.25) is 0 Å². The molecule has 0 saturated carbocycles. The van der Waals surface area contributed by atoms with Crippen LogP contribution in [0.5, 0.6) is 5.75 Å². The van der Waals surface area contributed by atoms with Crippen LogP contribution < -0.4 is 5.32 Å². The van der Waals surface area contributed by atoms with Crippen molar-refractivity contribution in [3.8, 4) is 5.75 Å². The second kappa shape index (κ2) is 4.33. The summed E-state index contributed by atoms with van der Waals surface area (Å²) in [6.07, 6.45) is 1.52. The molecule has 1 saturated heterocycles. The van der Waals surface area contributed by atoms with Gasteiger partial charge in [-0.05, 0) is 26.0 Å². The number of aromatic hydroxyl groups is 1. The summed E-state index contributed by atoms with van der Waals surface area (Å²) >= 11 is 0. The third-order valence-electron chi connectivity index (χ3n) is 3.03. The maximum absolute atomic E-state index is 12.3. The smallest absolute Gasteiger partial charge is 0.276 e. The molecule has 0 atom stereocenters. The first kappa shape index (κ1) is 11.9. The number of carbonyl (C=O) groups is 1. The van der Waals surface area contributed by atoms with Crippen LogP contribution in [0, 0.1) is 0 Å². The van der Waals surface area contributed by atoms with Crippen molar-refractivity contribution in [2.45, 2.75) is 19.4 Å². The van der Waals surface area contributed by atoms with Gasteiger partial charge in [0, 0.05) is 25.8 Å². The molecule has 5 nitrogen and oxygen atoms in total. The average Bonchev–Trinajstić information content (AvgIpc) is 2.28. The first-order chi connectivity index (χ1) is 8.02. The maximum Gasteiger partial charge on any atom is 0.276 e. The molecule has 5 heteroatoms. The van der Waals surface area contributed by atoms with Crippen molar-refractivity contribution in [3.63, 3.8) is 0 Å². The third-order valence-corrected chi connectivity index (χ3v) is 3.03. The molecule has 1 amide bonds. The highest BCUT2D eigenvalue weighted by molar-refractivity contribution is 5.95. The van der Waals surface area contributed by atoms with Crippen LogP contribution in [0.4, 0.5) is 0 Å². The summed E-state index contributed by atoms with van der Waals surface area (Å²) in [4.78, 5) is 18.0. The minimum absolute atomic E-state index is 0.0631. The van der Waals surface area contributed by atoms with Gasteiger partial charge in [0.1, 0.15) is 5.75 Å². The molecule has 1 aliphatic heterocycles. The molecule has 17 heavy (non-hydrogen) atoms. The van der Waals surface area contributed by atoms with Crippen molar-refractivity contribution in [1.82, 2.24) is 15.2 Å². The summed E-state index contributed by atoms with van der Waals surface area (Å²) in [5.41, 5.74) is -0.137. The van der Waals surface area contributed by atoms with E-state index in [-0.39, 0.29) is 22.9 Å². The molecule has 0 radical (unpaired) electrons. The molecular formula is C12H17N3O2. The first-order valence-electron chi connectivity index (χ1n) is 5.69. The second-order valence-electron chi connectivity index (χ2n) is 4.82. The van der Waals surface area contributed by atoms with Gasteiger partial charge in [0.15, 0.2) is 5.69 Å². The monoisotopic (exact) mass is 235 g/mol. The maximum atomic E-state index is 12.3. The lowest BCUT2D eigenvalue weighted by Crippen LogP contribution is -2.59. The summed E-state index contributed by atoms with van der Waals surface area (Å²) in [6, 6.07) is 3.09. The van der Waals surface area contributed by atoms with Gasteiger partial charge in [-0.25, -0.2) is 4.98 Å². The van der Waals surface area contributed by atoms with Gasteiger partial charge >= 0.3 is 0 Å². The molecular weight excluding hydrogens is 218 g/mol. The number of rotatable bonds is 1. The number of hydrogen-bond acceptors (Lipinski definition) is 4. The van der Waals surface area contributed by atoms with Crippen molar-refractivity contribution in [2.24, 2.45) is 0 Å². The van der Waals surface area contributed by atoms with E-state index in [2.05, 4.69) is 10.3 Å². The molecule has 0 spiro atoms. The zero-order valence-electron chi connectivity index (χ0n) is 10.1. The van der Waals surface area contributed by atoms with Crippen LogP contribution in [-0.2, 0) is 0 Å². The van der Waals surface area contributed by atoms with Crippen LogP contribution in [0.15, 0.2) is 18.3 Å². The number of amides is 1. The van der Waals surface area contributed by atoms with Crippen molar-refractivity contribution in [3.05, 3.63) is 24.0 Å². The molecule has 1 aliphatic rings. The molecule has 1 fully saturated rings. The van der Waals surface area contributed by atoms with E-state index in [1.54, 1.807) is 11.0 Å². The summed E-state index contributed by atoms with van der Waals surface area (Å²) in [6.45, 7) is 6.13. The zero-order valence-corrected chi connectivity index (χ0v) is 10.1. The van der Waals surface area contributed by atoms with E-state index in [1.807, 2.05) is 13.8 Å². The molecule has 0 aliphatic carbocycles. The second-order valence-corrected chi connectivity index (χ2v) is 4.82. The predicted molar refractivity (Wildman–Crippen MR) is 63.9 cm³/mol. The Kier molecular flexibility index (Phi) is 3.02. The number of aromatic nitrogens is 1. The number of nitrogens with one attached hydrogen (secondary N) is 1. The van der Waals surface area contributed by atoms with Crippen molar-refractivity contribution in [1.29, 1.82) is 0 Å². The summed E-state index contributed by atoms with van der Waals surface area (Å²) in [7, 11) is 0. The normalized spacial score (nSPS) is 19.1. The Labute approximate surface area is 100 Å². The van der Waals surface area contributed by atoms with E-state index in [4.69, 9.17) is 0 Å². The molecule has 2 heterocycles. The van der Waals surface area contributed by atoms with Gasteiger partial charge in [0.25, 0.3) is 5.91 Å². The van der Waals surface area contributed by atoms with Crippen molar-refractivity contribution in [2.75, 3.05) is 19.6 Å². The Hall–Kier alpha value is -1.62. The molecule has 92 valence electrons. The lowest BCUT2D eigenvalue weighted by molar-refractivity contribution is 0.0468. The fraction of sp³-hybridized carbons (Fsp3) is 0.500. The zero-order chi connectivity index (χ0) is 12.5. The SMILES string of the molecule is CC1(C)CNCCN1C(=O)c1ncccc1O. The highest BCUT2D eigenvalue weighted by Gasteiger charge is 2.35. The van der Waals surface area contributed by atoms with E-state index in [0.717, 1.165) is 13.1 Å². The lowest BCUT2D eigenvalue weighted by atomic mass is 9.99. The van der Waals surface area contributed by atoms with E-state index in [9.17, 15) is 9.90 Å². The molecule has 2 rings (SSSR count). The van der Waals surface area contributed by atoms with E-state index < -0.39 is 0 Å². The Morgan fingerprint density at radius 1 is 1.59 bits per heavy atom. The summed E-state index contributed by atoms with van der Waals surface area (Å²) in [5, 5.41) is 12.9. The Bertz CT molecular complexity index is 432. The Morgan fingerprint density at radius 3 is 3.00 bits per heavy atom. The highest BCUT2D eigenvalue weighted by atomic mass is 16.3. The van der Waals surface area contributed by atoms with Crippen LogP contribution in [-0.4, -0.2) is 46.1 Å². The molecule has 0 bridgehead atoms. The van der Waals surface area contributed by atoms with Gasteiger partial charge in [-0.2, -0.15) is 0 Å². The number of carbonyl (C=O) groups excluding carboxylic acids is 1. The largest absolute Gasteiger partial charge is 0.505 e. The average molecular weight is 235 g/mol. The van der Waals surface area contributed by atoms with Gasteiger partial charge in [-0.3, -0.25) is 4.79 Å². The summed E-state index contributed by atoms with van der Waals surface area (Å²) in [5.74, 6) is -0.276. The number of pyridine rings is 1. The topological polar surface area (TPSA) is 65.5 Å². The van der Waals surface area contributed by atoms with E-state index >= 15 is 0 Å². The fourth-order valence-corrected chi connectivity index (χ4v) is 2.05. The summed E-state index contributed by atoms with van der Waals surface area (Å²) < 4.78 is 0. The number of piperazine rings is 1. The first-order valence-corrected chi connectivity index (χ1v) is 5.69. The number of hydrogen-bond donors (Lipinski definition) is 2. The fourth-order valence-electron chi connectivity index (χ4n) is 2.05. The van der Waals surface area contributed by atoms with Crippen LogP contribution in [0.2, 0.25) is 0 Å². The van der Waals surface area contributed by atoms with E-state index in [0.29, 0.717) is 6.54 Å². The van der Waals surface area contributed by atoms with Gasteiger partial charge in [0.05, 0.1) is 5.54 Å². The lowest BCUT2D eigenvalue weighted by Gasteiger charge is -2.42. The highest BCUT2D eigenvalue weighted by Crippen LogP contribution is 2.22. The van der Waals surface area contributed by atoms with Crippen LogP contribution >= 0.6 is 0 Å². The minimum Gasteiger partial charge on any atom is -0.505 e. The van der Waals surface area contributed by atoms with Crippen molar-refractivity contribution >= 4 is 5.91 Å². The Balaban J connectivity index is 2.28. The van der Waals surface area contributed by atoms with Crippen LogP contribution in [0.3, 0.4) is 0 Å². The molecule has 0 aromatic carbocycles. The molecule has 0 unspecified atom stereocenters. The van der Waals surface area contributed by atoms with Crippen LogP contribution in [0.25, 0.3) is 0 Å². The molecule has 2 N–H and O–H groups in total. The minimum atomic E-state index is -0.265. The van der Waals surface area contributed by atoms with Crippen molar-refractivity contribution < 1.29 is 9.90 Å². The van der Waals surface area contributed by atoms with Gasteiger partial charge in [-0.15, -0.1) is 0 Å². The van der Waals surface area contributed by atoms with Gasteiger partial charge in [-0.1, -0.05) is 0 Å². The van der Waals surface area contributed by atoms with Crippen LogP contribution in [0.1, 0.15) is 24.3 Å². The quantitative estimate of drug-likeness (QED) is 0.748. The van der Waals surface area contributed by atoms with Gasteiger partial charge < -0.3 is 15.3 Å². The standard InChI is InChI=1S/C12H17N3O2/c1-12(2)8-13-6-7-15(12)11(17)10-9(16)4-3-5-14-10/h3-5,13,16H,6-8H2,1-2H3. The Morgan fingerprint density at radius 2 is 2.35 bits per heavy atom.